The Balaban J connectivity index is 1.81. The van der Waals surface area contributed by atoms with Crippen LogP contribution in [0.5, 0.6) is 11.5 Å². The van der Waals surface area contributed by atoms with Gasteiger partial charge in [0.05, 0.1) is 19.8 Å². The predicted octanol–water partition coefficient (Wildman–Crippen LogP) is 4.72. The molecule has 1 amide bonds. The molecule has 0 saturated heterocycles. The first kappa shape index (κ1) is 19.4. The van der Waals surface area contributed by atoms with Crippen molar-refractivity contribution < 1.29 is 18.7 Å². The lowest BCUT2D eigenvalue weighted by atomic mass is 10.1. The fraction of sp³-hybridized carbons (Fsp3) is 0.130. The summed E-state index contributed by atoms with van der Waals surface area (Å²) in [5.41, 5.74) is 3.29. The maximum atomic E-state index is 13.4. The van der Waals surface area contributed by atoms with Crippen molar-refractivity contribution in [3.05, 3.63) is 77.7 Å². The SMILES string of the molecule is COc1ccc(C(=O)Nc2c(-c3ccc(F)cc3)nc3cc(C)ccn23)c(OC)c1. The molecule has 0 unspecified atom stereocenters. The van der Waals surface area contributed by atoms with Crippen molar-refractivity contribution in [3.63, 3.8) is 0 Å². The number of aromatic nitrogens is 2. The second kappa shape index (κ2) is 7.87. The first-order valence-electron chi connectivity index (χ1n) is 9.28. The van der Waals surface area contributed by atoms with E-state index in [4.69, 9.17) is 9.47 Å². The number of nitrogens with zero attached hydrogens (tertiary/aromatic N) is 2. The van der Waals surface area contributed by atoms with Gasteiger partial charge in [-0.15, -0.1) is 0 Å². The number of hydrogen-bond acceptors (Lipinski definition) is 4. The van der Waals surface area contributed by atoms with Gasteiger partial charge in [-0.05, 0) is 61.0 Å². The summed E-state index contributed by atoms with van der Waals surface area (Å²) in [6.45, 7) is 1.97. The van der Waals surface area contributed by atoms with Gasteiger partial charge >= 0.3 is 0 Å². The third-order valence-electron chi connectivity index (χ3n) is 4.78. The number of methoxy groups -OCH3 is 2. The van der Waals surface area contributed by atoms with Crippen LogP contribution in [0.15, 0.2) is 60.8 Å². The number of fused-ring (bicyclic) bond motifs is 1. The van der Waals surface area contributed by atoms with Crippen LogP contribution in [-0.4, -0.2) is 29.5 Å². The van der Waals surface area contributed by atoms with Crippen LogP contribution in [0.25, 0.3) is 16.9 Å². The Kier molecular flexibility index (Phi) is 5.10. The number of pyridine rings is 1. The zero-order chi connectivity index (χ0) is 21.3. The van der Waals surface area contributed by atoms with Crippen molar-refractivity contribution in [1.29, 1.82) is 0 Å². The average Bonchev–Trinajstić information content (AvgIpc) is 3.10. The minimum absolute atomic E-state index is 0.341. The summed E-state index contributed by atoms with van der Waals surface area (Å²) in [6, 6.07) is 14.8. The van der Waals surface area contributed by atoms with Gasteiger partial charge in [0.1, 0.15) is 34.5 Å². The van der Waals surface area contributed by atoms with Crippen LogP contribution < -0.4 is 14.8 Å². The maximum absolute atomic E-state index is 13.4. The monoisotopic (exact) mass is 405 g/mol. The van der Waals surface area contributed by atoms with Crippen molar-refractivity contribution in [3.8, 4) is 22.8 Å². The number of hydrogen-bond donors (Lipinski definition) is 1. The molecule has 2 aromatic carbocycles. The van der Waals surface area contributed by atoms with E-state index in [9.17, 15) is 9.18 Å². The number of benzene rings is 2. The van der Waals surface area contributed by atoms with Gasteiger partial charge in [-0.1, -0.05) is 0 Å². The largest absolute Gasteiger partial charge is 0.497 e. The zero-order valence-corrected chi connectivity index (χ0v) is 16.8. The minimum Gasteiger partial charge on any atom is -0.497 e. The number of ether oxygens (including phenoxy) is 2. The molecule has 0 aliphatic heterocycles. The number of carbonyl (C=O) groups is 1. The number of halogens is 1. The molecule has 0 fully saturated rings. The second-order valence-corrected chi connectivity index (χ2v) is 6.77. The second-order valence-electron chi connectivity index (χ2n) is 6.77. The van der Waals surface area contributed by atoms with E-state index in [0.717, 1.165) is 5.56 Å². The van der Waals surface area contributed by atoms with Crippen LogP contribution in [0.2, 0.25) is 0 Å². The molecule has 0 aliphatic carbocycles. The molecule has 0 bridgehead atoms. The first-order chi connectivity index (χ1) is 14.5. The summed E-state index contributed by atoms with van der Waals surface area (Å²) < 4.78 is 25.8. The number of nitrogens with one attached hydrogen (secondary N) is 1. The number of imidazole rings is 1. The quantitative estimate of drug-likeness (QED) is 0.522. The summed E-state index contributed by atoms with van der Waals surface area (Å²) >= 11 is 0. The summed E-state index contributed by atoms with van der Waals surface area (Å²) in [5.74, 6) is 0.757. The highest BCUT2D eigenvalue weighted by Gasteiger charge is 2.20. The fourth-order valence-corrected chi connectivity index (χ4v) is 3.24. The molecular weight excluding hydrogens is 385 g/mol. The average molecular weight is 405 g/mol. The van der Waals surface area contributed by atoms with Crippen LogP contribution in [0.3, 0.4) is 0 Å². The predicted molar refractivity (Wildman–Crippen MR) is 113 cm³/mol. The van der Waals surface area contributed by atoms with Gasteiger partial charge in [-0.25, -0.2) is 9.37 Å². The minimum atomic E-state index is -0.361. The van der Waals surface area contributed by atoms with E-state index in [2.05, 4.69) is 10.3 Å². The molecule has 1 N–H and O–H groups in total. The van der Waals surface area contributed by atoms with Gasteiger partial charge in [-0.3, -0.25) is 9.20 Å². The molecule has 4 rings (SSSR count). The Bertz CT molecular complexity index is 1230. The number of anilines is 1. The van der Waals surface area contributed by atoms with E-state index < -0.39 is 0 Å². The van der Waals surface area contributed by atoms with Crippen LogP contribution in [0, 0.1) is 12.7 Å². The van der Waals surface area contributed by atoms with Crippen LogP contribution in [0.4, 0.5) is 10.2 Å². The fourth-order valence-electron chi connectivity index (χ4n) is 3.24. The van der Waals surface area contributed by atoms with E-state index >= 15 is 0 Å². The third kappa shape index (κ3) is 3.57. The first-order valence-corrected chi connectivity index (χ1v) is 9.28. The molecule has 0 spiro atoms. The highest BCUT2D eigenvalue weighted by molar-refractivity contribution is 6.07. The molecule has 30 heavy (non-hydrogen) atoms. The molecule has 0 atom stereocenters. The van der Waals surface area contributed by atoms with Crippen molar-refractivity contribution >= 4 is 17.4 Å². The highest BCUT2D eigenvalue weighted by atomic mass is 19.1. The van der Waals surface area contributed by atoms with Crippen LogP contribution in [-0.2, 0) is 0 Å². The van der Waals surface area contributed by atoms with E-state index in [1.165, 1.54) is 19.2 Å². The molecule has 2 heterocycles. The van der Waals surface area contributed by atoms with Gasteiger partial charge < -0.3 is 14.8 Å². The molecule has 4 aromatic rings. The van der Waals surface area contributed by atoms with E-state index in [1.807, 2.05) is 25.3 Å². The third-order valence-corrected chi connectivity index (χ3v) is 4.78. The van der Waals surface area contributed by atoms with Gasteiger partial charge in [0.25, 0.3) is 5.91 Å². The van der Waals surface area contributed by atoms with Crippen molar-refractivity contribution in [2.24, 2.45) is 0 Å². The molecule has 152 valence electrons. The lowest BCUT2D eigenvalue weighted by molar-refractivity contribution is 0.102. The van der Waals surface area contributed by atoms with E-state index in [0.29, 0.717) is 39.8 Å². The molecule has 0 saturated carbocycles. The summed E-state index contributed by atoms with van der Waals surface area (Å²) in [7, 11) is 3.04. The maximum Gasteiger partial charge on any atom is 0.260 e. The standard InChI is InChI=1S/C23H20FN3O3/c1-14-10-11-27-20(12-14)25-21(15-4-6-16(24)7-5-15)22(27)26-23(28)18-9-8-17(29-2)13-19(18)30-3/h4-13H,1-3H3,(H,26,28). The number of amides is 1. The van der Waals surface area contributed by atoms with Gasteiger partial charge in [0, 0.05) is 17.8 Å². The molecule has 0 radical (unpaired) electrons. The number of carbonyl (C=O) groups excluding carboxylic acids is 1. The smallest absolute Gasteiger partial charge is 0.260 e. The Hall–Kier alpha value is -3.87. The van der Waals surface area contributed by atoms with E-state index in [1.54, 1.807) is 41.8 Å². The van der Waals surface area contributed by atoms with Crippen LogP contribution >= 0.6 is 0 Å². The highest BCUT2D eigenvalue weighted by Crippen LogP contribution is 2.31. The Morgan fingerprint density at radius 3 is 2.50 bits per heavy atom. The van der Waals surface area contributed by atoms with E-state index in [-0.39, 0.29) is 11.7 Å². The van der Waals surface area contributed by atoms with Gasteiger partial charge in [-0.2, -0.15) is 0 Å². The zero-order valence-electron chi connectivity index (χ0n) is 16.8. The lowest BCUT2D eigenvalue weighted by Gasteiger charge is -2.12. The van der Waals surface area contributed by atoms with Crippen molar-refractivity contribution in [1.82, 2.24) is 9.38 Å². The van der Waals surface area contributed by atoms with Crippen molar-refractivity contribution in [2.45, 2.75) is 6.92 Å². The topological polar surface area (TPSA) is 64.9 Å². The summed E-state index contributed by atoms with van der Waals surface area (Å²) in [6.07, 6.45) is 1.84. The Labute approximate surface area is 172 Å². The number of aryl methyl sites for hydroxylation is 1. The number of rotatable bonds is 5. The lowest BCUT2D eigenvalue weighted by Crippen LogP contribution is -2.15. The van der Waals surface area contributed by atoms with Gasteiger partial charge in [0.15, 0.2) is 0 Å². The molecule has 7 heteroatoms. The molecule has 0 aliphatic rings. The summed E-state index contributed by atoms with van der Waals surface area (Å²) in [4.78, 5) is 17.8. The molecular formula is C23H20FN3O3. The molecule has 6 nitrogen and oxygen atoms in total. The Morgan fingerprint density at radius 1 is 1.03 bits per heavy atom. The van der Waals surface area contributed by atoms with Crippen molar-refractivity contribution in [2.75, 3.05) is 19.5 Å². The normalized spacial score (nSPS) is 10.8. The molecule has 2 aromatic heterocycles. The summed E-state index contributed by atoms with van der Waals surface area (Å²) in [5, 5.41) is 2.94. The van der Waals surface area contributed by atoms with Gasteiger partial charge in [0.2, 0.25) is 0 Å². The van der Waals surface area contributed by atoms with Crippen LogP contribution in [0.1, 0.15) is 15.9 Å². The Morgan fingerprint density at radius 2 is 1.80 bits per heavy atom.